The second-order valence-electron chi connectivity index (χ2n) is 4.08. The SMILES string of the molecule is CCN(CCC(=O)O)Cc1cccc(C(N)=O)c1. The van der Waals surface area contributed by atoms with Gasteiger partial charge in [0.25, 0.3) is 0 Å². The lowest BCUT2D eigenvalue weighted by Crippen LogP contribution is -2.25. The Morgan fingerprint density at radius 3 is 2.67 bits per heavy atom. The molecule has 0 aliphatic rings. The number of hydrogen-bond acceptors (Lipinski definition) is 3. The van der Waals surface area contributed by atoms with Crippen molar-refractivity contribution < 1.29 is 14.7 Å². The maximum absolute atomic E-state index is 11.1. The van der Waals surface area contributed by atoms with Gasteiger partial charge in [0.15, 0.2) is 0 Å². The van der Waals surface area contributed by atoms with Crippen molar-refractivity contribution in [3.63, 3.8) is 0 Å². The lowest BCUT2D eigenvalue weighted by molar-refractivity contribution is -0.137. The lowest BCUT2D eigenvalue weighted by atomic mass is 10.1. The number of carboxylic acid groups (broad SMARTS) is 1. The smallest absolute Gasteiger partial charge is 0.304 e. The third kappa shape index (κ3) is 4.55. The van der Waals surface area contributed by atoms with E-state index in [9.17, 15) is 9.59 Å². The number of benzene rings is 1. The zero-order valence-electron chi connectivity index (χ0n) is 10.4. The van der Waals surface area contributed by atoms with Crippen molar-refractivity contribution in [2.24, 2.45) is 5.73 Å². The Balaban J connectivity index is 2.66. The number of nitrogens with zero attached hydrogens (tertiary/aromatic N) is 1. The highest BCUT2D eigenvalue weighted by Gasteiger charge is 2.08. The predicted octanol–water partition coefficient (Wildman–Crippen LogP) is 1.08. The molecule has 5 nitrogen and oxygen atoms in total. The molecule has 0 radical (unpaired) electrons. The Bertz CT molecular complexity index is 432. The summed E-state index contributed by atoms with van der Waals surface area (Å²) in [5, 5.41) is 8.65. The fraction of sp³-hybridized carbons (Fsp3) is 0.385. The van der Waals surface area contributed by atoms with Gasteiger partial charge in [-0.25, -0.2) is 0 Å². The molecule has 1 aromatic rings. The van der Waals surface area contributed by atoms with E-state index in [1.54, 1.807) is 18.2 Å². The van der Waals surface area contributed by atoms with Crippen molar-refractivity contribution >= 4 is 11.9 Å². The molecule has 0 aliphatic heterocycles. The van der Waals surface area contributed by atoms with Gasteiger partial charge >= 0.3 is 5.97 Å². The maximum Gasteiger partial charge on any atom is 0.304 e. The molecule has 0 atom stereocenters. The topological polar surface area (TPSA) is 83.6 Å². The van der Waals surface area contributed by atoms with Gasteiger partial charge in [0, 0.05) is 18.7 Å². The molecule has 98 valence electrons. The molecule has 0 aromatic heterocycles. The lowest BCUT2D eigenvalue weighted by Gasteiger charge is -2.19. The molecule has 0 saturated carbocycles. The second-order valence-corrected chi connectivity index (χ2v) is 4.08. The van der Waals surface area contributed by atoms with E-state index in [0.717, 1.165) is 12.1 Å². The summed E-state index contributed by atoms with van der Waals surface area (Å²) in [4.78, 5) is 23.6. The first-order chi connectivity index (χ1) is 8.52. The van der Waals surface area contributed by atoms with E-state index in [1.165, 1.54) is 0 Å². The van der Waals surface area contributed by atoms with Crippen LogP contribution in [-0.2, 0) is 11.3 Å². The molecule has 0 unspecified atom stereocenters. The van der Waals surface area contributed by atoms with Crippen LogP contribution in [0.4, 0.5) is 0 Å². The van der Waals surface area contributed by atoms with E-state index < -0.39 is 11.9 Å². The molecular weight excluding hydrogens is 232 g/mol. The van der Waals surface area contributed by atoms with Gasteiger partial charge < -0.3 is 10.8 Å². The first-order valence-corrected chi connectivity index (χ1v) is 5.85. The van der Waals surface area contributed by atoms with Gasteiger partial charge in [0.05, 0.1) is 6.42 Å². The minimum atomic E-state index is -0.806. The summed E-state index contributed by atoms with van der Waals surface area (Å²) in [5.41, 5.74) is 6.64. The number of primary amides is 1. The summed E-state index contributed by atoms with van der Waals surface area (Å²) < 4.78 is 0. The van der Waals surface area contributed by atoms with Gasteiger partial charge in [-0.1, -0.05) is 19.1 Å². The molecular formula is C13H18N2O3. The van der Waals surface area contributed by atoms with Crippen LogP contribution in [0, 0.1) is 0 Å². The Hall–Kier alpha value is -1.88. The van der Waals surface area contributed by atoms with Crippen molar-refractivity contribution in [2.75, 3.05) is 13.1 Å². The van der Waals surface area contributed by atoms with Crippen LogP contribution in [-0.4, -0.2) is 35.0 Å². The van der Waals surface area contributed by atoms with Crippen LogP contribution in [0.1, 0.15) is 29.3 Å². The quantitative estimate of drug-likeness (QED) is 0.758. The molecule has 0 spiro atoms. The standard InChI is InChI=1S/C13H18N2O3/c1-2-15(7-6-12(16)17)9-10-4-3-5-11(8-10)13(14)18/h3-5,8H,2,6-7,9H2,1H3,(H2,14,18)(H,16,17). The van der Waals surface area contributed by atoms with Gasteiger partial charge in [0.2, 0.25) is 5.91 Å². The van der Waals surface area contributed by atoms with Gasteiger partial charge in [-0.3, -0.25) is 14.5 Å². The van der Waals surface area contributed by atoms with Crippen molar-refractivity contribution in [1.82, 2.24) is 4.90 Å². The number of carbonyl (C=O) groups is 2. The van der Waals surface area contributed by atoms with Gasteiger partial charge in [0.1, 0.15) is 0 Å². The number of aliphatic carboxylic acids is 1. The van der Waals surface area contributed by atoms with Gasteiger partial charge in [-0.15, -0.1) is 0 Å². The zero-order valence-corrected chi connectivity index (χ0v) is 10.4. The van der Waals surface area contributed by atoms with E-state index in [1.807, 2.05) is 17.9 Å². The van der Waals surface area contributed by atoms with Crippen LogP contribution >= 0.6 is 0 Å². The average molecular weight is 250 g/mol. The first-order valence-electron chi connectivity index (χ1n) is 5.85. The fourth-order valence-corrected chi connectivity index (χ4v) is 1.68. The predicted molar refractivity (Wildman–Crippen MR) is 68.2 cm³/mol. The monoisotopic (exact) mass is 250 g/mol. The van der Waals surface area contributed by atoms with Crippen molar-refractivity contribution in [2.45, 2.75) is 19.9 Å². The summed E-state index contributed by atoms with van der Waals surface area (Å²) in [6, 6.07) is 7.08. The Morgan fingerprint density at radius 2 is 2.11 bits per heavy atom. The number of carboxylic acids is 1. The summed E-state index contributed by atoms with van der Waals surface area (Å²) in [6.07, 6.45) is 0.114. The maximum atomic E-state index is 11.1. The minimum Gasteiger partial charge on any atom is -0.481 e. The van der Waals surface area contributed by atoms with Gasteiger partial charge in [-0.05, 0) is 24.2 Å². The van der Waals surface area contributed by atoms with Gasteiger partial charge in [-0.2, -0.15) is 0 Å². The summed E-state index contributed by atoms with van der Waals surface area (Å²) in [7, 11) is 0. The largest absolute Gasteiger partial charge is 0.481 e. The van der Waals surface area contributed by atoms with Crippen LogP contribution in [0.3, 0.4) is 0 Å². The first kappa shape index (κ1) is 14.2. The zero-order chi connectivity index (χ0) is 13.5. The van der Waals surface area contributed by atoms with E-state index in [-0.39, 0.29) is 6.42 Å². The second kappa shape index (κ2) is 6.76. The molecule has 18 heavy (non-hydrogen) atoms. The molecule has 0 aliphatic carbocycles. The van der Waals surface area contributed by atoms with Crippen LogP contribution in [0.15, 0.2) is 24.3 Å². The molecule has 0 bridgehead atoms. The van der Waals surface area contributed by atoms with E-state index in [0.29, 0.717) is 18.7 Å². The van der Waals surface area contributed by atoms with Crippen molar-refractivity contribution in [3.8, 4) is 0 Å². The molecule has 0 heterocycles. The summed E-state index contributed by atoms with van der Waals surface area (Å²) in [5.74, 6) is -1.26. The van der Waals surface area contributed by atoms with E-state index in [2.05, 4.69) is 0 Å². The third-order valence-corrected chi connectivity index (χ3v) is 2.71. The Morgan fingerprint density at radius 1 is 1.39 bits per heavy atom. The number of carbonyl (C=O) groups excluding carboxylic acids is 1. The van der Waals surface area contributed by atoms with E-state index >= 15 is 0 Å². The summed E-state index contributed by atoms with van der Waals surface area (Å²) in [6.45, 7) is 3.84. The molecule has 1 rings (SSSR count). The average Bonchev–Trinajstić information content (AvgIpc) is 2.34. The number of amides is 1. The van der Waals surface area contributed by atoms with Crippen molar-refractivity contribution in [1.29, 1.82) is 0 Å². The van der Waals surface area contributed by atoms with Crippen molar-refractivity contribution in [3.05, 3.63) is 35.4 Å². The highest BCUT2D eigenvalue weighted by Crippen LogP contribution is 2.08. The fourth-order valence-electron chi connectivity index (χ4n) is 1.68. The number of nitrogens with two attached hydrogens (primary N) is 1. The van der Waals surface area contributed by atoms with Crippen LogP contribution in [0.5, 0.6) is 0 Å². The van der Waals surface area contributed by atoms with E-state index in [4.69, 9.17) is 10.8 Å². The van der Waals surface area contributed by atoms with Crippen LogP contribution in [0.2, 0.25) is 0 Å². The highest BCUT2D eigenvalue weighted by atomic mass is 16.4. The molecule has 1 amide bonds. The molecule has 5 heteroatoms. The Kier molecular flexibility index (Phi) is 5.32. The molecule has 0 saturated heterocycles. The Labute approximate surface area is 106 Å². The molecule has 3 N–H and O–H groups in total. The third-order valence-electron chi connectivity index (χ3n) is 2.71. The number of rotatable bonds is 7. The van der Waals surface area contributed by atoms with Crippen LogP contribution in [0.25, 0.3) is 0 Å². The normalized spacial score (nSPS) is 10.6. The number of hydrogen-bond donors (Lipinski definition) is 2. The van der Waals surface area contributed by atoms with Crippen LogP contribution < -0.4 is 5.73 Å². The summed E-state index contributed by atoms with van der Waals surface area (Å²) >= 11 is 0. The molecule has 1 aromatic carbocycles. The molecule has 0 fully saturated rings. The highest BCUT2D eigenvalue weighted by molar-refractivity contribution is 5.92. The minimum absolute atomic E-state index is 0.114.